The fourth-order valence-corrected chi connectivity index (χ4v) is 3.05. The minimum absolute atomic E-state index is 0.00235. The van der Waals surface area contributed by atoms with Crippen LogP contribution in [0, 0.1) is 5.92 Å². The summed E-state index contributed by atoms with van der Waals surface area (Å²) in [5, 5.41) is 3.06. The van der Waals surface area contributed by atoms with Crippen LogP contribution in [0.15, 0.2) is 18.2 Å². The molecular weight excluding hydrogens is 268 g/mol. The summed E-state index contributed by atoms with van der Waals surface area (Å²) in [7, 11) is 0. The Kier molecular flexibility index (Phi) is 4.01. The smallest absolute Gasteiger partial charge is 0.225 e. The van der Waals surface area contributed by atoms with Crippen molar-refractivity contribution in [3.63, 3.8) is 0 Å². The number of hydrogen-bond donors (Lipinski definition) is 2. The van der Waals surface area contributed by atoms with Gasteiger partial charge in [0, 0.05) is 6.04 Å². The third-order valence-electron chi connectivity index (χ3n) is 4.33. The second kappa shape index (κ2) is 5.93. The number of amides is 1. The molecule has 1 saturated carbocycles. The van der Waals surface area contributed by atoms with Gasteiger partial charge in [0.2, 0.25) is 5.91 Å². The third-order valence-corrected chi connectivity index (χ3v) is 4.33. The summed E-state index contributed by atoms with van der Waals surface area (Å²) in [4.78, 5) is 12.3. The first kappa shape index (κ1) is 14.2. The molecule has 1 heterocycles. The van der Waals surface area contributed by atoms with Crippen molar-refractivity contribution in [1.29, 1.82) is 0 Å². The summed E-state index contributed by atoms with van der Waals surface area (Å²) in [6.45, 7) is 3.12. The lowest BCUT2D eigenvalue weighted by molar-refractivity contribution is -0.125. The topological polar surface area (TPSA) is 73.6 Å². The molecule has 1 aromatic rings. The Morgan fingerprint density at radius 3 is 2.76 bits per heavy atom. The molecule has 3 unspecified atom stereocenters. The lowest BCUT2D eigenvalue weighted by Gasteiger charge is -2.22. The maximum absolute atomic E-state index is 12.3. The van der Waals surface area contributed by atoms with Gasteiger partial charge in [-0.2, -0.15) is 0 Å². The van der Waals surface area contributed by atoms with Crippen molar-refractivity contribution >= 4 is 5.91 Å². The van der Waals surface area contributed by atoms with E-state index >= 15 is 0 Å². The fraction of sp³-hybridized carbons (Fsp3) is 0.562. The average Bonchev–Trinajstić information content (AvgIpc) is 2.93. The molecule has 0 radical (unpaired) electrons. The molecule has 3 rings (SSSR count). The van der Waals surface area contributed by atoms with E-state index in [0.717, 1.165) is 36.3 Å². The summed E-state index contributed by atoms with van der Waals surface area (Å²) < 4.78 is 11.1. The minimum Gasteiger partial charge on any atom is -0.486 e. The van der Waals surface area contributed by atoms with E-state index in [4.69, 9.17) is 15.2 Å². The van der Waals surface area contributed by atoms with E-state index in [9.17, 15) is 4.79 Å². The highest BCUT2D eigenvalue weighted by atomic mass is 16.6. The molecule has 21 heavy (non-hydrogen) atoms. The van der Waals surface area contributed by atoms with E-state index in [-0.39, 0.29) is 23.9 Å². The summed E-state index contributed by atoms with van der Waals surface area (Å²) >= 11 is 0. The Balaban J connectivity index is 1.67. The molecule has 5 heteroatoms. The molecule has 3 atom stereocenters. The normalized spacial score (nSPS) is 25.4. The summed E-state index contributed by atoms with van der Waals surface area (Å²) in [5.41, 5.74) is 7.00. The quantitative estimate of drug-likeness (QED) is 0.889. The van der Waals surface area contributed by atoms with Gasteiger partial charge in [0.05, 0.1) is 12.0 Å². The highest BCUT2D eigenvalue weighted by molar-refractivity contribution is 5.80. The van der Waals surface area contributed by atoms with Crippen molar-refractivity contribution in [2.24, 2.45) is 11.7 Å². The molecule has 1 amide bonds. The zero-order valence-corrected chi connectivity index (χ0v) is 12.3. The number of fused-ring (bicyclic) bond motifs is 1. The average molecular weight is 290 g/mol. The lowest BCUT2D eigenvalue weighted by Crippen LogP contribution is -2.39. The molecule has 0 spiro atoms. The Morgan fingerprint density at radius 1 is 1.29 bits per heavy atom. The monoisotopic (exact) mass is 290 g/mol. The Morgan fingerprint density at radius 2 is 2.05 bits per heavy atom. The van der Waals surface area contributed by atoms with E-state index in [0.29, 0.717) is 13.2 Å². The molecule has 5 nitrogen and oxygen atoms in total. The number of carbonyl (C=O) groups is 1. The van der Waals surface area contributed by atoms with E-state index in [1.165, 1.54) is 0 Å². The zero-order valence-electron chi connectivity index (χ0n) is 12.3. The van der Waals surface area contributed by atoms with Crippen LogP contribution >= 0.6 is 0 Å². The number of benzene rings is 1. The van der Waals surface area contributed by atoms with Gasteiger partial charge in [-0.3, -0.25) is 4.79 Å². The van der Waals surface area contributed by atoms with E-state index in [1.807, 2.05) is 25.1 Å². The highest BCUT2D eigenvalue weighted by Crippen LogP contribution is 2.33. The van der Waals surface area contributed by atoms with E-state index < -0.39 is 0 Å². The van der Waals surface area contributed by atoms with Gasteiger partial charge in [-0.25, -0.2) is 0 Å². The standard InChI is InChI=1S/C16H22N2O3/c1-10(18-16(19)12-3-2-4-13(12)17)11-5-6-14-15(9-11)21-8-7-20-14/h5-6,9-10,12-13H,2-4,7-8,17H2,1H3,(H,18,19). The molecular formula is C16H22N2O3. The Bertz CT molecular complexity index is 532. The minimum atomic E-state index is -0.0684. The van der Waals surface area contributed by atoms with Gasteiger partial charge in [-0.05, 0) is 37.5 Å². The van der Waals surface area contributed by atoms with Crippen molar-refractivity contribution < 1.29 is 14.3 Å². The first-order valence-electron chi connectivity index (χ1n) is 7.60. The van der Waals surface area contributed by atoms with Crippen molar-refractivity contribution in [2.75, 3.05) is 13.2 Å². The van der Waals surface area contributed by atoms with Crippen LogP contribution in [0.2, 0.25) is 0 Å². The van der Waals surface area contributed by atoms with Crippen molar-refractivity contribution in [1.82, 2.24) is 5.32 Å². The van der Waals surface area contributed by atoms with Crippen molar-refractivity contribution in [2.45, 2.75) is 38.3 Å². The van der Waals surface area contributed by atoms with Crippen molar-refractivity contribution in [3.8, 4) is 11.5 Å². The second-order valence-electron chi connectivity index (χ2n) is 5.83. The van der Waals surface area contributed by atoms with Gasteiger partial charge < -0.3 is 20.5 Å². The first-order valence-corrected chi connectivity index (χ1v) is 7.60. The molecule has 1 aliphatic carbocycles. The van der Waals surface area contributed by atoms with Gasteiger partial charge >= 0.3 is 0 Å². The number of hydrogen-bond acceptors (Lipinski definition) is 4. The number of carbonyl (C=O) groups excluding carboxylic acids is 1. The number of rotatable bonds is 3. The second-order valence-corrected chi connectivity index (χ2v) is 5.83. The van der Waals surface area contributed by atoms with Crippen molar-refractivity contribution in [3.05, 3.63) is 23.8 Å². The van der Waals surface area contributed by atoms with Crippen LogP contribution in [0.5, 0.6) is 11.5 Å². The lowest BCUT2D eigenvalue weighted by atomic mass is 10.0. The van der Waals surface area contributed by atoms with E-state index in [1.54, 1.807) is 0 Å². The number of nitrogens with two attached hydrogens (primary N) is 1. The Labute approximate surface area is 124 Å². The number of ether oxygens (including phenoxy) is 2. The van der Waals surface area contributed by atoms with Crippen LogP contribution < -0.4 is 20.5 Å². The summed E-state index contributed by atoms with van der Waals surface area (Å²) in [6, 6.07) is 5.73. The number of nitrogens with one attached hydrogen (secondary N) is 1. The van der Waals surface area contributed by atoms with Gasteiger partial charge in [-0.15, -0.1) is 0 Å². The largest absolute Gasteiger partial charge is 0.486 e. The van der Waals surface area contributed by atoms with Gasteiger partial charge in [0.15, 0.2) is 11.5 Å². The van der Waals surface area contributed by atoms with Gasteiger partial charge in [0.1, 0.15) is 13.2 Å². The molecule has 114 valence electrons. The SMILES string of the molecule is CC(NC(=O)C1CCCC1N)c1ccc2c(c1)OCCO2. The van der Waals surface area contributed by atoms with Gasteiger partial charge in [0.25, 0.3) is 0 Å². The van der Waals surface area contributed by atoms with E-state index in [2.05, 4.69) is 5.32 Å². The van der Waals surface area contributed by atoms with Crippen LogP contribution in [0.4, 0.5) is 0 Å². The molecule has 1 fully saturated rings. The molecule has 3 N–H and O–H groups in total. The van der Waals surface area contributed by atoms with Crippen LogP contribution in [0.25, 0.3) is 0 Å². The Hall–Kier alpha value is -1.75. The van der Waals surface area contributed by atoms with Gasteiger partial charge in [-0.1, -0.05) is 12.5 Å². The molecule has 1 aromatic carbocycles. The maximum atomic E-state index is 12.3. The molecule has 0 aromatic heterocycles. The third kappa shape index (κ3) is 2.97. The predicted octanol–water partition coefficient (Wildman–Crippen LogP) is 1.76. The van der Waals surface area contributed by atoms with Crippen LogP contribution in [-0.4, -0.2) is 25.2 Å². The van der Waals surface area contributed by atoms with Crippen LogP contribution in [0.3, 0.4) is 0 Å². The fourth-order valence-electron chi connectivity index (χ4n) is 3.05. The predicted molar refractivity (Wildman–Crippen MR) is 79.3 cm³/mol. The summed E-state index contributed by atoms with van der Waals surface area (Å²) in [5.74, 6) is 1.52. The highest BCUT2D eigenvalue weighted by Gasteiger charge is 2.31. The zero-order chi connectivity index (χ0) is 14.8. The summed E-state index contributed by atoms with van der Waals surface area (Å²) in [6.07, 6.45) is 2.87. The molecule has 2 aliphatic rings. The van der Waals surface area contributed by atoms with Crippen LogP contribution in [-0.2, 0) is 4.79 Å². The molecule has 0 saturated heterocycles. The van der Waals surface area contributed by atoms with Crippen LogP contribution in [0.1, 0.15) is 37.8 Å². The molecule has 1 aliphatic heterocycles. The first-order chi connectivity index (χ1) is 10.1. The molecule has 0 bridgehead atoms. The maximum Gasteiger partial charge on any atom is 0.225 e.